The van der Waals surface area contributed by atoms with Gasteiger partial charge in [0, 0.05) is 17.7 Å². The number of rotatable bonds is 4. The van der Waals surface area contributed by atoms with Crippen LogP contribution in [0.1, 0.15) is 16.9 Å². The highest BCUT2D eigenvalue weighted by Gasteiger charge is 2.34. The molecule has 2 aromatic carbocycles. The van der Waals surface area contributed by atoms with Gasteiger partial charge < -0.3 is 11.1 Å². The van der Waals surface area contributed by atoms with Gasteiger partial charge in [-0.1, -0.05) is 42.2 Å². The van der Waals surface area contributed by atoms with E-state index in [9.17, 15) is 9.59 Å². The van der Waals surface area contributed by atoms with Crippen molar-refractivity contribution in [2.75, 3.05) is 10.3 Å². The summed E-state index contributed by atoms with van der Waals surface area (Å²) in [5.74, 6) is 5.28. The summed E-state index contributed by atoms with van der Waals surface area (Å²) in [7, 11) is 0. The number of hydrogen-bond donors (Lipinski definition) is 2. The van der Waals surface area contributed by atoms with E-state index < -0.39 is 11.9 Å². The van der Waals surface area contributed by atoms with E-state index in [-0.39, 0.29) is 18.0 Å². The molecule has 0 unspecified atom stereocenters. The zero-order chi connectivity index (χ0) is 20.9. The van der Waals surface area contributed by atoms with Crippen LogP contribution in [0.4, 0.5) is 11.4 Å². The normalized spacial score (nSPS) is 15.1. The molecule has 0 saturated heterocycles. The molecular formula is C23H18N4O2S. The lowest BCUT2D eigenvalue weighted by Gasteiger charge is -2.20. The number of primary amides is 1. The molecule has 0 bridgehead atoms. The van der Waals surface area contributed by atoms with E-state index in [1.807, 2.05) is 60.0 Å². The van der Waals surface area contributed by atoms with Crippen molar-refractivity contribution in [3.63, 3.8) is 0 Å². The Morgan fingerprint density at radius 2 is 1.90 bits per heavy atom. The van der Waals surface area contributed by atoms with Crippen LogP contribution in [0.15, 0.2) is 77.2 Å². The molecule has 7 heteroatoms. The van der Waals surface area contributed by atoms with Gasteiger partial charge in [0.2, 0.25) is 5.91 Å². The molecule has 0 radical (unpaired) electrons. The maximum Gasteiger partial charge on any atom is 0.271 e. The molecule has 1 atom stereocenters. The van der Waals surface area contributed by atoms with Crippen LogP contribution < -0.4 is 16.1 Å². The minimum Gasteiger partial charge on any atom is -0.368 e. The zero-order valence-electron chi connectivity index (χ0n) is 15.9. The predicted molar refractivity (Wildman–Crippen MR) is 119 cm³/mol. The Hall–Kier alpha value is -3.89. The van der Waals surface area contributed by atoms with Crippen molar-refractivity contribution in [1.29, 1.82) is 0 Å². The highest BCUT2D eigenvalue weighted by molar-refractivity contribution is 7.10. The van der Waals surface area contributed by atoms with Crippen LogP contribution in [-0.4, -0.2) is 23.6 Å². The minimum atomic E-state index is -0.698. The lowest BCUT2D eigenvalue weighted by atomic mass is 10.1. The number of anilines is 2. The van der Waals surface area contributed by atoms with Gasteiger partial charge in [0.25, 0.3) is 5.91 Å². The second-order valence-electron chi connectivity index (χ2n) is 6.61. The SMILES string of the molecule is NC(=O)[C@H]1CC(C(=O)Nc2cccc(C#Cc3cccs3)c2)=NN1c1ccccc1. The molecule has 1 aliphatic rings. The highest BCUT2D eigenvalue weighted by atomic mass is 32.1. The van der Waals surface area contributed by atoms with Crippen LogP contribution in [0.25, 0.3) is 0 Å². The van der Waals surface area contributed by atoms with Crippen molar-refractivity contribution < 1.29 is 9.59 Å². The molecule has 2 amide bonds. The number of carbonyl (C=O) groups is 2. The van der Waals surface area contributed by atoms with Crippen molar-refractivity contribution in [2.24, 2.45) is 10.8 Å². The van der Waals surface area contributed by atoms with Gasteiger partial charge in [-0.2, -0.15) is 5.10 Å². The summed E-state index contributed by atoms with van der Waals surface area (Å²) in [6.45, 7) is 0. The molecule has 1 aliphatic heterocycles. The van der Waals surface area contributed by atoms with Gasteiger partial charge in [-0.15, -0.1) is 11.3 Å². The molecular weight excluding hydrogens is 396 g/mol. The van der Waals surface area contributed by atoms with Crippen LogP contribution >= 0.6 is 11.3 Å². The maximum atomic E-state index is 12.8. The number of benzene rings is 2. The first-order chi connectivity index (χ1) is 14.6. The van der Waals surface area contributed by atoms with Crippen molar-refractivity contribution in [1.82, 2.24) is 0 Å². The summed E-state index contributed by atoms with van der Waals surface area (Å²) in [5.41, 5.74) is 7.88. The molecule has 3 aromatic rings. The van der Waals surface area contributed by atoms with Crippen LogP contribution in [0, 0.1) is 11.8 Å². The van der Waals surface area contributed by atoms with Crippen LogP contribution in [0.2, 0.25) is 0 Å². The number of carbonyl (C=O) groups excluding carboxylic acids is 2. The molecule has 2 heterocycles. The van der Waals surface area contributed by atoms with Gasteiger partial charge in [0.05, 0.1) is 10.6 Å². The molecule has 1 aromatic heterocycles. The van der Waals surface area contributed by atoms with Gasteiger partial charge in [-0.3, -0.25) is 14.6 Å². The number of amides is 2. The number of nitrogens with zero attached hydrogens (tertiary/aromatic N) is 2. The first-order valence-corrected chi connectivity index (χ1v) is 10.2. The van der Waals surface area contributed by atoms with E-state index in [0.29, 0.717) is 11.4 Å². The molecule has 0 fully saturated rings. The summed E-state index contributed by atoms with van der Waals surface area (Å²) in [6, 6.07) is 19.7. The Bertz CT molecular complexity index is 1160. The highest BCUT2D eigenvalue weighted by Crippen LogP contribution is 2.24. The molecule has 0 saturated carbocycles. The van der Waals surface area contributed by atoms with E-state index >= 15 is 0 Å². The molecule has 30 heavy (non-hydrogen) atoms. The Labute approximate surface area is 178 Å². The Balaban J connectivity index is 1.51. The molecule has 4 rings (SSSR count). The predicted octanol–water partition coefficient (Wildman–Crippen LogP) is 3.21. The average Bonchev–Trinajstić information content (AvgIpc) is 3.43. The smallest absolute Gasteiger partial charge is 0.271 e. The summed E-state index contributed by atoms with van der Waals surface area (Å²) >= 11 is 1.57. The monoisotopic (exact) mass is 414 g/mol. The molecule has 0 aliphatic carbocycles. The van der Waals surface area contributed by atoms with Crippen molar-refractivity contribution in [3.05, 3.63) is 82.6 Å². The summed E-state index contributed by atoms with van der Waals surface area (Å²) < 4.78 is 0. The largest absolute Gasteiger partial charge is 0.368 e. The first-order valence-electron chi connectivity index (χ1n) is 9.28. The Kier molecular flexibility index (Phi) is 5.59. The van der Waals surface area contributed by atoms with Crippen LogP contribution in [0.3, 0.4) is 0 Å². The number of thiophene rings is 1. The van der Waals surface area contributed by atoms with E-state index in [0.717, 1.165) is 10.4 Å². The van der Waals surface area contributed by atoms with Gasteiger partial charge in [0.15, 0.2) is 0 Å². The zero-order valence-corrected chi connectivity index (χ0v) is 16.7. The van der Waals surface area contributed by atoms with E-state index in [1.54, 1.807) is 23.5 Å². The molecule has 0 spiro atoms. The third-order valence-electron chi connectivity index (χ3n) is 4.49. The Morgan fingerprint density at radius 1 is 1.07 bits per heavy atom. The van der Waals surface area contributed by atoms with Crippen molar-refractivity contribution in [3.8, 4) is 11.8 Å². The second-order valence-corrected chi connectivity index (χ2v) is 7.56. The standard InChI is InChI=1S/C23H18N4O2S/c24-22(28)21-15-20(26-27(21)18-8-2-1-3-9-18)23(29)25-17-7-4-6-16(14-17)11-12-19-10-5-13-30-19/h1-10,13-14,21H,15H2,(H2,24,28)(H,25,29)/t21-/m1/s1. The molecule has 6 nitrogen and oxygen atoms in total. The van der Waals surface area contributed by atoms with Crippen molar-refractivity contribution >= 4 is 40.2 Å². The van der Waals surface area contributed by atoms with Gasteiger partial charge in [-0.25, -0.2) is 0 Å². The topological polar surface area (TPSA) is 87.8 Å². The number of nitrogens with one attached hydrogen (secondary N) is 1. The molecule has 3 N–H and O–H groups in total. The molecule has 148 valence electrons. The summed E-state index contributed by atoms with van der Waals surface area (Å²) in [4.78, 5) is 25.6. The van der Waals surface area contributed by atoms with E-state index in [2.05, 4.69) is 22.3 Å². The lowest BCUT2D eigenvalue weighted by Crippen LogP contribution is -2.39. The van der Waals surface area contributed by atoms with E-state index in [4.69, 9.17) is 5.73 Å². The van der Waals surface area contributed by atoms with Crippen LogP contribution in [0.5, 0.6) is 0 Å². The minimum absolute atomic E-state index is 0.147. The second kappa shape index (κ2) is 8.64. The lowest BCUT2D eigenvalue weighted by molar-refractivity contribution is -0.119. The average molecular weight is 414 g/mol. The van der Waals surface area contributed by atoms with Gasteiger partial charge >= 0.3 is 0 Å². The summed E-state index contributed by atoms with van der Waals surface area (Å²) in [5, 5.41) is 10.7. The third-order valence-corrected chi connectivity index (χ3v) is 5.28. The maximum absolute atomic E-state index is 12.8. The fourth-order valence-electron chi connectivity index (χ4n) is 3.05. The quantitative estimate of drug-likeness (QED) is 0.643. The summed E-state index contributed by atoms with van der Waals surface area (Å²) in [6.07, 6.45) is 0.147. The fourth-order valence-corrected chi connectivity index (χ4v) is 3.62. The Morgan fingerprint density at radius 3 is 2.63 bits per heavy atom. The number of hydrogen-bond acceptors (Lipinski definition) is 5. The number of para-hydroxylation sites is 1. The van der Waals surface area contributed by atoms with Gasteiger partial charge in [0.1, 0.15) is 11.8 Å². The van der Waals surface area contributed by atoms with E-state index in [1.165, 1.54) is 5.01 Å². The number of hydrazone groups is 1. The first kappa shape index (κ1) is 19.4. The van der Waals surface area contributed by atoms with Crippen LogP contribution in [-0.2, 0) is 9.59 Å². The fraction of sp³-hybridized carbons (Fsp3) is 0.0870. The van der Waals surface area contributed by atoms with Crippen molar-refractivity contribution in [2.45, 2.75) is 12.5 Å². The number of nitrogens with two attached hydrogens (primary N) is 1. The third kappa shape index (κ3) is 4.40. The van der Waals surface area contributed by atoms with Gasteiger partial charge in [-0.05, 0) is 41.8 Å².